The molecule has 0 radical (unpaired) electrons. The maximum Gasteiger partial charge on any atom is 0.273 e. The van der Waals surface area contributed by atoms with Crippen molar-refractivity contribution in [1.29, 1.82) is 0 Å². The lowest BCUT2D eigenvalue weighted by Gasteiger charge is -2.42. The number of rotatable bonds is 5. The van der Waals surface area contributed by atoms with Crippen LogP contribution in [0.2, 0.25) is 0 Å². The molecule has 1 aliphatic heterocycles. The molecule has 2 atom stereocenters. The Kier molecular flexibility index (Phi) is 6.00. The van der Waals surface area contributed by atoms with Crippen LogP contribution in [-0.2, 0) is 4.79 Å². The summed E-state index contributed by atoms with van der Waals surface area (Å²) in [6, 6.07) is 12.1. The van der Waals surface area contributed by atoms with E-state index < -0.39 is 0 Å². The first-order valence-electron chi connectivity index (χ1n) is 12.0. The molecular formula is C25H32N4O3. The number of nitrogens with one attached hydrogen (secondary N) is 1. The summed E-state index contributed by atoms with van der Waals surface area (Å²) in [6.45, 7) is 0.637. The average molecular weight is 437 g/mol. The summed E-state index contributed by atoms with van der Waals surface area (Å²) in [5.41, 5.74) is 7.51. The summed E-state index contributed by atoms with van der Waals surface area (Å²) in [4.78, 5) is 28.3. The molecular weight excluding hydrogens is 404 g/mol. The number of benzene rings is 1. The van der Waals surface area contributed by atoms with E-state index in [9.17, 15) is 9.59 Å². The number of piperidine rings is 1. The molecule has 5 rings (SSSR count). The lowest BCUT2D eigenvalue weighted by molar-refractivity contribution is -0.141. The van der Waals surface area contributed by atoms with Crippen LogP contribution in [0.4, 0.5) is 0 Å². The van der Waals surface area contributed by atoms with Crippen LogP contribution in [0.25, 0.3) is 0 Å². The van der Waals surface area contributed by atoms with Gasteiger partial charge in [0.25, 0.3) is 5.91 Å². The molecule has 3 fully saturated rings. The number of hydrogen-bond acceptors (Lipinski definition) is 5. The molecule has 1 aromatic carbocycles. The van der Waals surface area contributed by atoms with Crippen LogP contribution in [0.1, 0.15) is 85.1 Å². The van der Waals surface area contributed by atoms with Crippen LogP contribution in [0.5, 0.6) is 0 Å². The number of nitrogens with two attached hydrogens (primary N) is 1. The minimum Gasteiger partial charge on any atom is -0.360 e. The first-order valence-corrected chi connectivity index (χ1v) is 12.0. The number of carbonyl (C=O) groups is 2. The van der Waals surface area contributed by atoms with Crippen LogP contribution in [0, 0.1) is 5.92 Å². The van der Waals surface area contributed by atoms with Crippen molar-refractivity contribution in [3.05, 3.63) is 53.4 Å². The van der Waals surface area contributed by atoms with Gasteiger partial charge in [-0.05, 0) is 56.9 Å². The van der Waals surface area contributed by atoms with Crippen molar-refractivity contribution in [2.75, 3.05) is 6.54 Å². The molecule has 0 bridgehead atoms. The van der Waals surface area contributed by atoms with E-state index in [1.807, 2.05) is 23.1 Å². The standard InChI is InChI=1S/C25H32N4O3/c26-19-10-8-18(9-11-19)25(31)29-13-12-20(14-22(29)16-4-2-1-3-5-16)27-24(30)21-15-23(32-28-21)17-6-7-17/h1-5,15,17-20,22H,6-14,26H2,(H,27,30)/t18?,19?,20?,22-/m0/s1. The van der Waals surface area contributed by atoms with Gasteiger partial charge in [0.2, 0.25) is 5.91 Å². The zero-order valence-electron chi connectivity index (χ0n) is 18.4. The molecule has 7 heteroatoms. The van der Waals surface area contributed by atoms with Crippen molar-refractivity contribution in [2.45, 2.75) is 75.4 Å². The number of carbonyl (C=O) groups excluding carboxylic acids is 2. The molecule has 2 amide bonds. The minimum atomic E-state index is -0.196. The number of nitrogens with zero attached hydrogens (tertiary/aromatic N) is 2. The van der Waals surface area contributed by atoms with E-state index in [0.29, 0.717) is 24.6 Å². The monoisotopic (exact) mass is 436 g/mol. The van der Waals surface area contributed by atoms with Crippen molar-refractivity contribution in [3.8, 4) is 0 Å². The molecule has 2 saturated carbocycles. The molecule has 1 aromatic heterocycles. The fourth-order valence-corrected chi connectivity index (χ4v) is 5.17. The SMILES string of the molecule is NC1CCC(C(=O)N2CCC(NC(=O)c3cc(C4CC4)on3)C[C@H]2c2ccccc2)CC1. The number of amides is 2. The Morgan fingerprint density at radius 1 is 1.03 bits per heavy atom. The molecule has 3 aliphatic rings. The smallest absolute Gasteiger partial charge is 0.273 e. The van der Waals surface area contributed by atoms with Crippen molar-refractivity contribution in [1.82, 2.24) is 15.4 Å². The second-order valence-electron chi connectivity index (χ2n) is 9.65. The second-order valence-corrected chi connectivity index (χ2v) is 9.65. The van der Waals surface area contributed by atoms with Gasteiger partial charge in [0.05, 0.1) is 6.04 Å². The molecule has 170 valence electrons. The normalized spacial score (nSPS) is 28.3. The Bertz CT molecular complexity index is 947. The fourth-order valence-electron chi connectivity index (χ4n) is 5.17. The fraction of sp³-hybridized carbons (Fsp3) is 0.560. The molecule has 2 heterocycles. The molecule has 1 unspecified atom stereocenters. The van der Waals surface area contributed by atoms with Gasteiger partial charge in [-0.25, -0.2) is 0 Å². The summed E-state index contributed by atoms with van der Waals surface area (Å²) in [5, 5.41) is 7.11. The Balaban J connectivity index is 1.28. The van der Waals surface area contributed by atoms with Crippen molar-refractivity contribution in [3.63, 3.8) is 0 Å². The number of aromatic nitrogens is 1. The van der Waals surface area contributed by atoms with E-state index in [2.05, 4.69) is 22.6 Å². The third-order valence-corrected chi connectivity index (χ3v) is 7.27. The van der Waals surface area contributed by atoms with Crippen molar-refractivity contribution >= 4 is 11.8 Å². The van der Waals surface area contributed by atoms with Gasteiger partial charge in [0.1, 0.15) is 5.76 Å². The summed E-state index contributed by atoms with van der Waals surface area (Å²) >= 11 is 0. The lowest BCUT2D eigenvalue weighted by atomic mass is 9.83. The molecule has 0 spiro atoms. The maximum atomic E-state index is 13.4. The summed E-state index contributed by atoms with van der Waals surface area (Å²) in [5.74, 6) is 1.34. The molecule has 32 heavy (non-hydrogen) atoms. The number of likely N-dealkylation sites (tertiary alicyclic amines) is 1. The lowest BCUT2D eigenvalue weighted by Crippen LogP contribution is -2.50. The van der Waals surface area contributed by atoms with E-state index in [1.165, 1.54) is 0 Å². The van der Waals surface area contributed by atoms with Crippen LogP contribution in [0.3, 0.4) is 0 Å². The van der Waals surface area contributed by atoms with E-state index in [4.69, 9.17) is 10.3 Å². The molecule has 2 aliphatic carbocycles. The van der Waals surface area contributed by atoms with Crippen LogP contribution in [0.15, 0.2) is 40.9 Å². The van der Waals surface area contributed by atoms with Gasteiger partial charge in [-0.3, -0.25) is 9.59 Å². The highest BCUT2D eigenvalue weighted by Crippen LogP contribution is 2.40. The van der Waals surface area contributed by atoms with Crippen molar-refractivity contribution in [2.24, 2.45) is 11.7 Å². The zero-order valence-corrected chi connectivity index (χ0v) is 18.4. The van der Waals surface area contributed by atoms with Gasteiger partial charge >= 0.3 is 0 Å². The average Bonchev–Trinajstić information content (AvgIpc) is 3.56. The molecule has 1 saturated heterocycles. The van der Waals surface area contributed by atoms with Gasteiger partial charge in [0, 0.05) is 36.5 Å². The summed E-state index contributed by atoms with van der Waals surface area (Å²) in [7, 11) is 0. The largest absolute Gasteiger partial charge is 0.360 e. The highest BCUT2D eigenvalue weighted by molar-refractivity contribution is 5.92. The van der Waals surface area contributed by atoms with E-state index in [1.54, 1.807) is 6.07 Å². The zero-order chi connectivity index (χ0) is 22.1. The molecule has 3 N–H and O–H groups in total. The first kappa shape index (κ1) is 21.2. The summed E-state index contributed by atoms with van der Waals surface area (Å²) in [6.07, 6.45) is 7.21. The van der Waals surface area contributed by atoms with Crippen LogP contribution in [-0.4, -0.2) is 40.5 Å². The first-order chi connectivity index (χ1) is 15.6. The third-order valence-electron chi connectivity index (χ3n) is 7.27. The molecule has 7 nitrogen and oxygen atoms in total. The predicted octanol–water partition coefficient (Wildman–Crippen LogP) is 3.53. The highest BCUT2D eigenvalue weighted by atomic mass is 16.5. The topological polar surface area (TPSA) is 101 Å². The quantitative estimate of drug-likeness (QED) is 0.747. The van der Waals surface area contributed by atoms with Crippen LogP contribution >= 0.6 is 0 Å². The highest BCUT2D eigenvalue weighted by Gasteiger charge is 2.37. The van der Waals surface area contributed by atoms with E-state index in [-0.39, 0.29) is 35.9 Å². The van der Waals surface area contributed by atoms with Gasteiger partial charge in [-0.1, -0.05) is 35.5 Å². The Labute approximate surface area is 188 Å². The maximum absolute atomic E-state index is 13.4. The van der Waals surface area contributed by atoms with E-state index in [0.717, 1.165) is 56.3 Å². The van der Waals surface area contributed by atoms with Crippen LogP contribution < -0.4 is 11.1 Å². The van der Waals surface area contributed by atoms with Crippen molar-refractivity contribution < 1.29 is 14.1 Å². The van der Waals surface area contributed by atoms with Gasteiger partial charge in [0.15, 0.2) is 5.69 Å². The van der Waals surface area contributed by atoms with E-state index >= 15 is 0 Å². The minimum absolute atomic E-state index is 0.0161. The second kappa shape index (κ2) is 9.06. The predicted molar refractivity (Wildman–Crippen MR) is 120 cm³/mol. The number of hydrogen-bond donors (Lipinski definition) is 2. The summed E-state index contributed by atoms with van der Waals surface area (Å²) < 4.78 is 5.34. The van der Waals surface area contributed by atoms with Gasteiger partial charge < -0.3 is 20.5 Å². The molecule has 2 aromatic rings. The third kappa shape index (κ3) is 4.58. The Morgan fingerprint density at radius 3 is 2.50 bits per heavy atom. The van der Waals surface area contributed by atoms with Gasteiger partial charge in [-0.15, -0.1) is 0 Å². The Morgan fingerprint density at radius 2 is 1.78 bits per heavy atom. The van der Waals surface area contributed by atoms with Gasteiger partial charge in [-0.2, -0.15) is 0 Å². The Hall–Kier alpha value is -2.67.